The molecule has 1 unspecified atom stereocenters. The highest BCUT2D eigenvalue weighted by molar-refractivity contribution is 7.11. The SMILES string of the molecule is CCCCCCCNC(C)c1ncc(CC)s1. The third-order valence-electron chi connectivity index (χ3n) is 3.02. The second-order valence-electron chi connectivity index (χ2n) is 4.61. The maximum absolute atomic E-state index is 4.47. The molecule has 0 saturated heterocycles. The van der Waals surface area contributed by atoms with Crippen LogP contribution in [0, 0.1) is 0 Å². The molecule has 0 aromatic carbocycles. The average Bonchev–Trinajstić information content (AvgIpc) is 2.82. The Balaban J connectivity index is 2.14. The van der Waals surface area contributed by atoms with Crippen LogP contribution in [0.2, 0.25) is 0 Å². The van der Waals surface area contributed by atoms with Gasteiger partial charge in [0.1, 0.15) is 5.01 Å². The van der Waals surface area contributed by atoms with E-state index in [1.165, 1.54) is 42.0 Å². The van der Waals surface area contributed by atoms with E-state index in [1.54, 1.807) is 0 Å². The van der Waals surface area contributed by atoms with Gasteiger partial charge in [0.2, 0.25) is 0 Å². The highest BCUT2D eigenvalue weighted by atomic mass is 32.1. The van der Waals surface area contributed by atoms with Gasteiger partial charge in [0.15, 0.2) is 0 Å². The van der Waals surface area contributed by atoms with Gasteiger partial charge in [-0.15, -0.1) is 11.3 Å². The lowest BCUT2D eigenvalue weighted by atomic mass is 10.1. The Kier molecular flexibility index (Phi) is 7.45. The van der Waals surface area contributed by atoms with E-state index in [2.05, 4.69) is 31.1 Å². The van der Waals surface area contributed by atoms with Gasteiger partial charge in [-0.3, -0.25) is 0 Å². The highest BCUT2D eigenvalue weighted by Gasteiger charge is 2.08. The fourth-order valence-corrected chi connectivity index (χ4v) is 2.70. The lowest BCUT2D eigenvalue weighted by Crippen LogP contribution is -2.19. The summed E-state index contributed by atoms with van der Waals surface area (Å²) < 4.78 is 0. The molecule has 0 fully saturated rings. The minimum Gasteiger partial charge on any atom is -0.308 e. The molecule has 1 N–H and O–H groups in total. The topological polar surface area (TPSA) is 24.9 Å². The summed E-state index contributed by atoms with van der Waals surface area (Å²) in [6.45, 7) is 7.77. The van der Waals surface area contributed by atoms with E-state index in [4.69, 9.17) is 0 Å². The Morgan fingerprint density at radius 3 is 2.65 bits per heavy atom. The van der Waals surface area contributed by atoms with Crippen molar-refractivity contribution >= 4 is 11.3 Å². The Morgan fingerprint density at radius 2 is 2.00 bits per heavy atom. The van der Waals surface area contributed by atoms with E-state index >= 15 is 0 Å². The summed E-state index contributed by atoms with van der Waals surface area (Å²) in [5.74, 6) is 0. The van der Waals surface area contributed by atoms with Crippen LogP contribution in [-0.4, -0.2) is 11.5 Å². The molecule has 3 heteroatoms. The van der Waals surface area contributed by atoms with Gasteiger partial charge in [-0.1, -0.05) is 39.5 Å². The van der Waals surface area contributed by atoms with Crippen LogP contribution in [0.3, 0.4) is 0 Å². The molecule has 98 valence electrons. The van der Waals surface area contributed by atoms with Gasteiger partial charge < -0.3 is 5.32 Å². The number of unbranched alkanes of at least 4 members (excludes halogenated alkanes) is 4. The molecule has 0 spiro atoms. The molecule has 0 bridgehead atoms. The molecule has 1 atom stereocenters. The Hall–Kier alpha value is -0.410. The number of aromatic nitrogens is 1. The fourth-order valence-electron chi connectivity index (χ4n) is 1.82. The molecule has 2 nitrogen and oxygen atoms in total. The van der Waals surface area contributed by atoms with Crippen molar-refractivity contribution < 1.29 is 0 Å². The maximum Gasteiger partial charge on any atom is 0.109 e. The summed E-state index contributed by atoms with van der Waals surface area (Å²) in [6.07, 6.45) is 9.83. The summed E-state index contributed by atoms with van der Waals surface area (Å²) in [7, 11) is 0. The second-order valence-corrected chi connectivity index (χ2v) is 5.76. The zero-order valence-electron chi connectivity index (χ0n) is 11.5. The van der Waals surface area contributed by atoms with E-state index < -0.39 is 0 Å². The second kappa shape index (κ2) is 8.65. The van der Waals surface area contributed by atoms with Crippen molar-refractivity contribution in [1.29, 1.82) is 0 Å². The first-order chi connectivity index (χ1) is 8.27. The molecule has 17 heavy (non-hydrogen) atoms. The van der Waals surface area contributed by atoms with Gasteiger partial charge in [-0.05, 0) is 26.3 Å². The number of hydrogen-bond donors (Lipinski definition) is 1. The Morgan fingerprint density at radius 1 is 1.24 bits per heavy atom. The number of nitrogens with zero attached hydrogens (tertiary/aromatic N) is 1. The standard InChI is InChI=1S/C14H26N2S/c1-4-6-7-8-9-10-15-12(3)14-16-11-13(5-2)17-14/h11-12,15H,4-10H2,1-3H3. The minimum absolute atomic E-state index is 0.409. The summed E-state index contributed by atoms with van der Waals surface area (Å²) in [6, 6.07) is 0.409. The lowest BCUT2D eigenvalue weighted by molar-refractivity contribution is 0.530. The van der Waals surface area contributed by atoms with Crippen LogP contribution in [0.4, 0.5) is 0 Å². The molecule has 1 heterocycles. The quantitative estimate of drug-likeness (QED) is 0.664. The van der Waals surface area contributed by atoms with Gasteiger partial charge in [-0.2, -0.15) is 0 Å². The summed E-state index contributed by atoms with van der Waals surface area (Å²) in [5.41, 5.74) is 0. The number of thiazole rings is 1. The smallest absolute Gasteiger partial charge is 0.109 e. The van der Waals surface area contributed by atoms with Crippen molar-refractivity contribution in [3.05, 3.63) is 16.1 Å². The molecule has 0 aliphatic heterocycles. The van der Waals surface area contributed by atoms with Crippen LogP contribution in [-0.2, 0) is 6.42 Å². The van der Waals surface area contributed by atoms with Gasteiger partial charge in [0.05, 0.1) is 6.04 Å². The molecular formula is C14H26N2S. The molecule has 1 aromatic rings. The molecule has 0 aliphatic carbocycles. The van der Waals surface area contributed by atoms with Crippen LogP contribution in [0.1, 0.15) is 68.8 Å². The maximum atomic E-state index is 4.47. The third kappa shape index (κ3) is 5.64. The summed E-state index contributed by atoms with van der Waals surface area (Å²) in [4.78, 5) is 5.86. The number of hydrogen-bond acceptors (Lipinski definition) is 3. The van der Waals surface area contributed by atoms with Crippen molar-refractivity contribution in [1.82, 2.24) is 10.3 Å². The van der Waals surface area contributed by atoms with Crippen LogP contribution in [0.15, 0.2) is 6.20 Å². The number of rotatable bonds is 9. The van der Waals surface area contributed by atoms with Crippen LogP contribution < -0.4 is 5.32 Å². The van der Waals surface area contributed by atoms with Gasteiger partial charge in [0.25, 0.3) is 0 Å². The fraction of sp³-hybridized carbons (Fsp3) is 0.786. The van der Waals surface area contributed by atoms with E-state index in [1.807, 2.05) is 17.5 Å². The average molecular weight is 254 g/mol. The number of nitrogens with one attached hydrogen (secondary N) is 1. The van der Waals surface area contributed by atoms with Gasteiger partial charge >= 0.3 is 0 Å². The van der Waals surface area contributed by atoms with Crippen LogP contribution in [0.25, 0.3) is 0 Å². The van der Waals surface area contributed by atoms with E-state index in [-0.39, 0.29) is 0 Å². The molecule has 0 radical (unpaired) electrons. The monoisotopic (exact) mass is 254 g/mol. The Bertz CT molecular complexity index is 296. The minimum atomic E-state index is 0.409. The van der Waals surface area contributed by atoms with Crippen LogP contribution >= 0.6 is 11.3 Å². The van der Waals surface area contributed by atoms with Crippen molar-refractivity contribution in [2.45, 2.75) is 65.3 Å². The molecule has 0 saturated carbocycles. The normalized spacial score (nSPS) is 12.9. The van der Waals surface area contributed by atoms with Crippen molar-refractivity contribution in [3.63, 3.8) is 0 Å². The van der Waals surface area contributed by atoms with E-state index in [0.29, 0.717) is 6.04 Å². The zero-order valence-corrected chi connectivity index (χ0v) is 12.3. The largest absolute Gasteiger partial charge is 0.308 e. The van der Waals surface area contributed by atoms with Crippen molar-refractivity contribution in [2.75, 3.05) is 6.54 Å². The molecule has 0 amide bonds. The molecule has 1 rings (SSSR count). The predicted molar refractivity (Wildman–Crippen MR) is 76.7 cm³/mol. The molecule has 0 aliphatic rings. The predicted octanol–water partition coefficient (Wildman–Crippen LogP) is 4.33. The lowest BCUT2D eigenvalue weighted by Gasteiger charge is -2.10. The molecular weight excluding hydrogens is 228 g/mol. The van der Waals surface area contributed by atoms with E-state index in [0.717, 1.165) is 13.0 Å². The first kappa shape index (κ1) is 14.7. The molecule has 1 aromatic heterocycles. The highest BCUT2D eigenvalue weighted by Crippen LogP contribution is 2.20. The van der Waals surface area contributed by atoms with E-state index in [9.17, 15) is 0 Å². The third-order valence-corrected chi connectivity index (χ3v) is 4.35. The first-order valence-corrected chi connectivity index (χ1v) is 7.77. The van der Waals surface area contributed by atoms with Crippen molar-refractivity contribution in [2.24, 2.45) is 0 Å². The van der Waals surface area contributed by atoms with Crippen LogP contribution in [0.5, 0.6) is 0 Å². The summed E-state index contributed by atoms with van der Waals surface area (Å²) >= 11 is 1.84. The first-order valence-electron chi connectivity index (χ1n) is 6.95. The van der Waals surface area contributed by atoms with Gasteiger partial charge in [0, 0.05) is 11.1 Å². The Labute approximate surface area is 110 Å². The number of aryl methyl sites for hydroxylation is 1. The zero-order chi connectivity index (χ0) is 12.5. The summed E-state index contributed by atoms with van der Waals surface area (Å²) in [5, 5.41) is 4.79. The van der Waals surface area contributed by atoms with Gasteiger partial charge in [-0.25, -0.2) is 4.98 Å². The van der Waals surface area contributed by atoms with Crippen molar-refractivity contribution in [3.8, 4) is 0 Å².